The molecule has 1 aliphatic rings. The third-order valence-electron chi connectivity index (χ3n) is 5.72. The summed E-state index contributed by atoms with van der Waals surface area (Å²) in [6, 6.07) is 11.1. The zero-order chi connectivity index (χ0) is 21.1. The number of rotatable bonds is 6. The van der Waals surface area contributed by atoms with Crippen molar-refractivity contribution in [1.82, 2.24) is 14.5 Å². The van der Waals surface area contributed by atoms with Crippen molar-refractivity contribution in [2.24, 2.45) is 5.92 Å². The number of para-hydroxylation sites is 1. The van der Waals surface area contributed by atoms with Gasteiger partial charge in [0.15, 0.2) is 0 Å². The Bertz CT molecular complexity index is 1140. The summed E-state index contributed by atoms with van der Waals surface area (Å²) in [5.41, 5.74) is -0.151. The molecule has 3 aromatic rings. The van der Waals surface area contributed by atoms with Gasteiger partial charge in [0.25, 0.3) is 5.56 Å². The number of nitrogens with one attached hydrogen (secondary N) is 1. The topological polar surface area (TPSA) is 84.4 Å². The standard InChI is InChI=1S/C22H25N3O4S/c1-2-29-21(27)17-14-24(10-9-15(17)19-8-5-13-30-19)11-12-25-20(26)16-6-3-4-7-18(16)23-22(25)28/h3-8,13,15,17H,2,9-12,14H2,1H3,(H,23,28)/t15-,17+/m0/s1. The summed E-state index contributed by atoms with van der Waals surface area (Å²) >= 11 is 1.67. The zero-order valence-corrected chi connectivity index (χ0v) is 17.7. The van der Waals surface area contributed by atoms with Gasteiger partial charge in [0.2, 0.25) is 0 Å². The maximum absolute atomic E-state index is 12.7. The van der Waals surface area contributed by atoms with Crippen LogP contribution in [-0.4, -0.2) is 46.7 Å². The summed E-state index contributed by atoms with van der Waals surface area (Å²) in [5.74, 6) is -0.280. The molecule has 2 atom stereocenters. The SMILES string of the molecule is CCOC(=O)[C@@H]1CN(CCn2c(=O)[nH]c3ccccc3c2=O)CC[C@@H]1c1cccs1. The van der Waals surface area contributed by atoms with Crippen molar-refractivity contribution in [2.75, 3.05) is 26.2 Å². The van der Waals surface area contributed by atoms with Crippen LogP contribution in [0.3, 0.4) is 0 Å². The highest BCUT2D eigenvalue weighted by Crippen LogP contribution is 2.36. The third kappa shape index (κ3) is 4.11. The maximum Gasteiger partial charge on any atom is 0.328 e. The van der Waals surface area contributed by atoms with Crippen LogP contribution in [-0.2, 0) is 16.1 Å². The van der Waals surface area contributed by atoms with Gasteiger partial charge < -0.3 is 14.6 Å². The van der Waals surface area contributed by atoms with Crippen molar-refractivity contribution >= 4 is 28.2 Å². The molecule has 0 bridgehead atoms. The number of hydrogen-bond donors (Lipinski definition) is 1. The summed E-state index contributed by atoms with van der Waals surface area (Å²) in [5, 5.41) is 2.53. The van der Waals surface area contributed by atoms with E-state index in [1.54, 1.807) is 35.6 Å². The number of fused-ring (bicyclic) bond motifs is 1. The van der Waals surface area contributed by atoms with E-state index in [4.69, 9.17) is 4.74 Å². The molecule has 2 aromatic heterocycles. The first-order valence-electron chi connectivity index (χ1n) is 10.2. The highest BCUT2D eigenvalue weighted by Gasteiger charge is 2.36. The molecule has 8 heteroatoms. The van der Waals surface area contributed by atoms with Crippen LogP contribution in [0.15, 0.2) is 51.4 Å². The average molecular weight is 428 g/mol. The molecular formula is C22H25N3O4S. The number of esters is 1. The highest BCUT2D eigenvalue weighted by atomic mass is 32.1. The summed E-state index contributed by atoms with van der Waals surface area (Å²) in [7, 11) is 0. The molecule has 0 radical (unpaired) electrons. The minimum Gasteiger partial charge on any atom is -0.466 e. The first-order valence-corrected chi connectivity index (χ1v) is 11.1. The van der Waals surface area contributed by atoms with Crippen molar-refractivity contribution in [1.29, 1.82) is 0 Å². The number of hydrogen-bond acceptors (Lipinski definition) is 6. The second kappa shape index (κ2) is 8.97. The predicted octanol–water partition coefficient (Wildman–Crippen LogP) is 2.42. The van der Waals surface area contributed by atoms with E-state index in [0.29, 0.717) is 30.6 Å². The van der Waals surface area contributed by atoms with E-state index < -0.39 is 5.69 Å². The highest BCUT2D eigenvalue weighted by molar-refractivity contribution is 7.10. The summed E-state index contributed by atoms with van der Waals surface area (Å²) in [6.07, 6.45) is 0.840. The third-order valence-corrected chi connectivity index (χ3v) is 6.73. The van der Waals surface area contributed by atoms with E-state index in [-0.39, 0.29) is 29.9 Å². The molecule has 1 saturated heterocycles. The smallest absolute Gasteiger partial charge is 0.328 e. The number of nitrogens with zero attached hydrogens (tertiary/aromatic N) is 2. The van der Waals surface area contributed by atoms with Crippen LogP contribution in [0.5, 0.6) is 0 Å². The average Bonchev–Trinajstić information content (AvgIpc) is 3.28. The van der Waals surface area contributed by atoms with Crippen LogP contribution in [0.2, 0.25) is 0 Å². The van der Waals surface area contributed by atoms with Gasteiger partial charge in [-0.15, -0.1) is 11.3 Å². The van der Waals surface area contributed by atoms with Gasteiger partial charge in [-0.3, -0.25) is 14.2 Å². The van der Waals surface area contributed by atoms with Crippen LogP contribution >= 0.6 is 11.3 Å². The predicted molar refractivity (Wildman–Crippen MR) is 117 cm³/mol. The Balaban J connectivity index is 1.51. The molecule has 0 saturated carbocycles. The lowest BCUT2D eigenvalue weighted by atomic mass is 9.84. The van der Waals surface area contributed by atoms with Gasteiger partial charge in [-0.05, 0) is 43.5 Å². The molecule has 3 heterocycles. The first kappa shape index (κ1) is 20.6. The van der Waals surface area contributed by atoms with E-state index in [1.807, 2.05) is 18.4 Å². The van der Waals surface area contributed by atoms with Gasteiger partial charge in [-0.2, -0.15) is 0 Å². The fourth-order valence-electron chi connectivity index (χ4n) is 4.20. The Morgan fingerprint density at radius 1 is 1.20 bits per heavy atom. The number of thiophene rings is 1. The molecule has 1 aromatic carbocycles. The fourth-order valence-corrected chi connectivity index (χ4v) is 5.13. The molecule has 0 aliphatic carbocycles. The Morgan fingerprint density at radius 2 is 2.03 bits per heavy atom. The number of carbonyl (C=O) groups is 1. The van der Waals surface area contributed by atoms with Gasteiger partial charge in [-0.25, -0.2) is 4.79 Å². The van der Waals surface area contributed by atoms with E-state index >= 15 is 0 Å². The monoisotopic (exact) mass is 427 g/mol. The van der Waals surface area contributed by atoms with Crippen molar-refractivity contribution in [3.05, 3.63) is 67.5 Å². The number of benzene rings is 1. The molecule has 7 nitrogen and oxygen atoms in total. The molecular weight excluding hydrogens is 402 g/mol. The lowest BCUT2D eigenvalue weighted by Gasteiger charge is -2.37. The Labute approximate surface area is 177 Å². The van der Waals surface area contributed by atoms with Gasteiger partial charge in [0.1, 0.15) is 0 Å². The van der Waals surface area contributed by atoms with Crippen LogP contribution in [0, 0.1) is 5.92 Å². The fraction of sp³-hybridized carbons (Fsp3) is 0.409. The van der Waals surface area contributed by atoms with Crippen LogP contribution in [0.4, 0.5) is 0 Å². The van der Waals surface area contributed by atoms with Crippen molar-refractivity contribution < 1.29 is 9.53 Å². The van der Waals surface area contributed by atoms with Crippen molar-refractivity contribution in [3.8, 4) is 0 Å². The first-order chi connectivity index (χ1) is 14.6. The van der Waals surface area contributed by atoms with Crippen LogP contribution in [0.25, 0.3) is 10.9 Å². The number of aromatic amines is 1. The zero-order valence-electron chi connectivity index (χ0n) is 16.9. The van der Waals surface area contributed by atoms with Crippen molar-refractivity contribution in [2.45, 2.75) is 25.8 Å². The van der Waals surface area contributed by atoms with E-state index in [9.17, 15) is 14.4 Å². The molecule has 0 amide bonds. The molecule has 0 unspecified atom stereocenters. The molecule has 158 valence electrons. The minimum atomic E-state index is -0.408. The van der Waals surface area contributed by atoms with Gasteiger partial charge in [0, 0.05) is 30.4 Å². The normalized spacial score (nSPS) is 19.8. The van der Waals surface area contributed by atoms with E-state index in [2.05, 4.69) is 16.0 Å². The number of H-pyrrole nitrogens is 1. The van der Waals surface area contributed by atoms with Crippen molar-refractivity contribution in [3.63, 3.8) is 0 Å². The number of piperidine rings is 1. The van der Waals surface area contributed by atoms with Gasteiger partial charge >= 0.3 is 11.7 Å². The Morgan fingerprint density at radius 3 is 2.80 bits per heavy atom. The molecule has 1 aliphatic heterocycles. The second-order valence-electron chi connectivity index (χ2n) is 7.50. The molecule has 30 heavy (non-hydrogen) atoms. The lowest BCUT2D eigenvalue weighted by molar-refractivity contribution is -0.150. The Hall–Kier alpha value is -2.71. The maximum atomic E-state index is 12.7. The quantitative estimate of drug-likeness (QED) is 0.611. The minimum absolute atomic E-state index is 0.145. The largest absolute Gasteiger partial charge is 0.466 e. The second-order valence-corrected chi connectivity index (χ2v) is 8.48. The van der Waals surface area contributed by atoms with Crippen LogP contribution < -0.4 is 11.2 Å². The molecule has 4 rings (SSSR count). The molecule has 1 fully saturated rings. The number of carbonyl (C=O) groups excluding carboxylic acids is 1. The lowest BCUT2D eigenvalue weighted by Crippen LogP contribution is -2.46. The summed E-state index contributed by atoms with van der Waals surface area (Å²) in [4.78, 5) is 43.9. The van der Waals surface area contributed by atoms with Gasteiger partial charge in [0.05, 0.1) is 23.4 Å². The molecule has 0 spiro atoms. The van der Waals surface area contributed by atoms with Gasteiger partial charge in [-0.1, -0.05) is 18.2 Å². The summed E-state index contributed by atoms with van der Waals surface area (Å²) in [6.45, 7) is 4.33. The van der Waals surface area contributed by atoms with E-state index in [1.165, 1.54) is 9.44 Å². The van der Waals surface area contributed by atoms with E-state index in [0.717, 1.165) is 13.0 Å². The summed E-state index contributed by atoms with van der Waals surface area (Å²) < 4.78 is 6.58. The van der Waals surface area contributed by atoms with Crippen LogP contribution in [0.1, 0.15) is 24.1 Å². The Kier molecular flexibility index (Phi) is 6.15. The molecule has 1 N–H and O–H groups in total. The number of ether oxygens (including phenoxy) is 1. The number of likely N-dealkylation sites (tertiary alicyclic amines) is 1. The number of aromatic nitrogens is 2.